The van der Waals surface area contributed by atoms with Gasteiger partial charge in [-0.3, -0.25) is 4.79 Å². The van der Waals surface area contributed by atoms with Gasteiger partial charge in [-0.15, -0.1) is 0 Å². The quantitative estimate of drug-likeness (QED) is 0.293. The summed E-state index contributed by atoms with van der Waals surface area (Å²) in [6.45, 7) is 5.58. The van der Waals surface area contributed by atoms with E-state index in [0.29, 0.717) is 5.69 Å². The number of aryl methyl sites for hydroxylation is 2. The number of ether oxygens (including phenoxy) is 2. The van der Waals surface area contributed by atoms with Crippen molar-refractivity contribution in [3.63, 3.8) is 0 Å². The van der Waals surface area contributed by atoms with Crippen LogP contribution in [-0.4, -0.2) is 65.8 Å². The summed E-state index contributed by atoms with van der Waals surface area (Å²) in [5.74, 6) is -2.38. The molecule has 1 saturated heterocycles. The molecular weight excluding hydrogens is 579 g/mol. The highest BCUT2D eigenvalue weighted by atomic mass is 32.2. The maximum atomic E-state index is 13.9. The van der Waals surface area contributed by atoms with Gasteiger partial charge in [0.2, 0.25) is 15.9 Å². The molecule has 1 aliphatic heterocycles. The zero-order chi connectivity index (χ0) is 30.9. The molecule has 0 spiro atoms. The Morgan fingerprint density at radius 3 is 2.35 bits per heavy atom. The predicted octanol–water partition coefficient (Wildman–Crippen LogP) is 4.70. The molecule has 5 rings (SSSR count). The second kappa shape index (κ2) is 12.0. The fourth-order valence-electron chi connectivity index (χ4n) is 4.56. The number of anilines is 1. The van der Waals surface area contributed by atoms with Gasteiger partial charge in [0.1, 0.15) is 16.5 Å². The summed E-state index contributed by atoms with van der Waals surface area (Å²) in [6.07, 6.45) is 0. The van der Waals surface area contributed by atoms with Gasteiger partial charge in [-0.05, 0) is 74.9 Å². The number of morpholine rings is 1. The number of hydrogen-bond donors (Lipinski definition) is 2. The second-order valence-electron chi connectivity index (χ2n) is 10.0. The number of aromatic nitrogens is 2. The molecule has 0 bridgehead atoms. The lowest BCUT2D eigenvalue weighted by atomic mass is 10.1. The highest BCUT2D eigenvalue weighted by molar-refractivity contribution is 7.89. The van der Waals surface area contributed by atoms with Crippen molar-refractivity contribution in [2.24, 2.45) is 0 Å². The van der Waals surface area contributed by atoms with Crippen LogP contribution in [0.1, 0.15) is 37.5 Å². The van der Waals surface area contributed by atoms with E-state index < -0.39 is 27.7 Å². The van der Waals surface area contributed by atoms with Crippen molar-refractivity contribution in [1.29, 1.82) is 0 Å². The number of nitrogens with zero attached hydrogens (tertiary/aromatic N) is 3. The largest absolute Gasteiger partial charge is 0.476 e. The highest BCUT2D eigenvalue weighted by Crippen LogP contribution is 2.37. The third kappa shape index (κ3) is 6.14. The van der Waals surface area contributed by atoms with E-state index in [-0.39, 0.29) is 70.9 Å². The molecule has 0 unspecified atom stereocenters. The summed E-state index contributed by atoms with van der Waals surface area (Å²) >= 11 is 0. The van der Waals surface area contributed by atoms with Crippen LogP contribution in [0.2, 0.25) is 0 Å². The van der Waals surface area contributed by atoms with Crippen molar-refractivity contribution in [3.05, 3.63) is 94.4 Å². The van der Waals surface area contributed by atoms with E-state index in [9.17, 15) is 27.5 Å². The molecule has 43 heavy (non-hydrogen) atoms. The van der Waals surface area contributed by atoms with Crippen LogP contribution >= 0.6 is 0 Å². The van der Waals surface area contributed by atoms with E-state index in [2.05, 4.69) is 10.4 Å². The number of carbonyl (C=O) groups is 2. The van der Waals surface area contributed by atoms with Gasteiger partial charge in [0.25, 0.3) is 5.91 Å². The molecule has 224 valence electrons. The van der Waals surface area contributed by atoms with Crippen molar-refractivity contribution in [2.45, 2.75) is 25.7 Å². The molecule has 0 saturated carbocycles. The van der Waals surface area contributed by atoms with Crippen molar-refractivity contribution >= 4 is 27.6 Å². The van der Waals surface area contributed by atoms with Gasteiger partial charge >= 0.3 is 5.97 Å². The van der Waals surface area contributed by atoms with Gasteiger partial charge in [0, 0.05) is 29.9 Å². The Morgan fingerprint density at radius 1 is 1.00 bits per heavy atom. The summed E-state index contributed by atoms with van der Waals surface area (Å²) in [7, 11) is -4.17. The molecule has 0 atom stereocenters. The Bertz CT molecular complexity index is 1810. The lowest BCUT2D eigenvalue weighted by Gasteiger charge is -2.27. The standard InChI is InChI=1S/C30H29FN4O7S/c1-18-4-8-23(9-5-18)35-29(20(3)27(33-35)30(37)38)42-25-11-7-22(32-28(36)21-6-10-24(31)19(2)16-21)17-26(25)43(39,40)34-12-14-41-15-13-34/h4-11,16-17H,12-15H2,1-3H3,(H,32,36)(H,37,38). The SMILES string of the molecule is Cc1ccc(-n2nc(C(=O)O)c(C)c2Oc2ccc(NC(=O)c3ccc(F)c(C)c3)cc2S(=O)(=O)N2CCOCC2)cc1. The van der Waals surface area contributed by atoms with E-state index in [1.54, 1.807) is 12.1 Å². The number of sulfonamides is 1. The summed E-state index contributed by atoms with van der Waals surface area (Å²) < 4.78 is 55.6. The molecular formula is C30H29FN4O7S. The predicted molar refractivity (Wildman–Crippen MR) is 155 cm³/mol. The van der Waals surface area contributed by atoms with Crippen LogP contribution in [0.3, 0.4) is 0 Å². The van der Waals surface area contributed by atoms with Crippen molar-refractivity contribution in [3.8, 4) is 17.3 Å². The lowest BCUT2D eigenvalue weighted by molar-refractivity contribution is 0.0689. The van der Waals surface area contributed by atoms with Gasteiger partial charge in [-0.1, -0.05) is 17.7 Å². The van der Waals surface area contributed by atoms with Gasteiger partial charge in [-0.2, -0.15) is 14.1 Å². The molecule has 2 N–H and O–H groups in total. The number of carboxylic acid groups (broad SMARTS) is 1. The van der Waals surface area contributed by atoms with E-state index in [1.807, 2.05) is 19.1 Å². The maximum Gasteiger partial charge on any atom is 0.356 e. The number of nitrogens with one attached hydrogen (secondary N) is 1. The number of hydrogen-bond acceptors (Lipinski definition) is 7. The maximum absolute atomic E-state index is 13.9. The Morgan fingerprint density at radius 2 is 1.70 bits per heavy atom. The number of aromatic carboxylic acids is 1. The molecule has 2 heterocycles. The fraction of sp³-hybridized carbons (Fsp3) is 0.233. The minimum Gasteiger partial charge on any atom is -0.476 e. The first kappa shape index (κ1) is 29.9. The Labute approximate surface area is 247 Å². The van der Waals surface area contributed by atoms with Gasteiger partial charge in [0.05, 0.1) is 18.9 Å². The van der Waals surface area contributed by atoms with Gasteiger partial charge < -0.3 is 19.9 Å². The normalized spacial score (nSPS) is 14.0. The third-order valence-electron chi connectivity index (χ3n) is 6.97. The summed E-state index contributed by atoms with van der Waals surface area (Å²) in [6, 6.07) is 15.1. The minimum atomic E-state index is -4.17. The Kier molecular flexibility index (Phi) is 8.31. The number of benzene rings is 3. The highest BCUT2D eigenvalue weighted by Gasteiger charge is 2.31. The van der Waals surface area contributed by atoms with Crippen LogP contribution < -0.4 is 10.1 Å². The average molecular weight is 609 g/mol. The van der Waals surface area contributed by atoms with E-state index in [1.165, 1.54) is 59.2 Å². The molecule has 11 nitrogen and oxygen atoms in total. The first-order chi connectivity index (χ1) is 20.5. The van der Waals surface area contributed by atoms with E-state index in [4.69, 9.17) is 9.47 Å². The van der Waals surface area contributed by atoms with Crippen molar-refractivity contribution in [1.82, 2.24) is 14.1 Å². The first-order valence-corrected chi connectivity index (χ1v) is 14.8. The van der Waals surface area contributed by atoms with E-state index >= 15 is 0 Å². The van der Waals surface area contributed by atoms with Gasteiger partial charge in [0.15, 0.2) is 5.69 Å². The number of halogens is 1. The Balaban J connectivity index is 1.59. The molecule has 1 amide bonds. The lowest BCUT2D eigenvalue weighted by Crippen LogP contribution is -2.40. The number of rotatable bonds is 8. The zero-order valence-corrected chi connectivity index (χ0v) is 24.4. The second-order valence-corrected chi connectivity index (χ2v) is 11.9. The van der Waals surface area contributed by atoms with Crippen LogP contribution in [0.15, 0.2) is 65.6 Å². The average Bonchev–Trinajstić information content (AvgIpc) is 3.31. The van der Waals surface area contributed by atoms with Crippen LogP contribution in [0.4, 0.5) is 10.1 Å². The molecule has 1 fully saturated rings. The number of amides is 1. The smallest absolute Gasteiger partial charge is 0.356 e. The molecule has 1 aliphatic rings. The van der Waals surface area contributed by atoms with E-state index in [0.717, 1.165) is 5.56 Å². The molecule has 13 heteroatoms. The van der Waals surface area contributed by atoms with Crippen molar-refractivity contribution in [2.75, 3.05) is 31.6 Å². The summed E-state index contributed by atoms with van der Waals surface area (Å²) in [5, 5.41) is 16.6. The fourth-order valence-corrected chi connectivity index (χ4v) is 6.10. The van der Waals surface area contributed by atoms with Crippen LogP contribution in [-0.2, 0) is 14.8 Å². The van der Waals surface area contributed by atoms with Crippen molar-refractivity contribution < 1.29 is 37.0 Å². The monoisotopic (exact) mass is 608 g/mol. The first-order valence-electron chi connectivity index (χ1n) is 13.3. The molecule has 1 aromatic heterocycles. The van der Waals surface area contributed by atoms with Gasteiger partial charge in [-0.25, -0.2) is 17.6 Å². The third-order valence-corrected chi connectivity index (χ3v) is 8.89. The minimum absolute atomic E-state index is 0.0123. The summed E-state index contributed by atoms with van der Waals surface area (Å²) in [4.78, 5) is 24.6. The molecule has 4 aromatic rings. The summed E-state index contributed by atoms with van der Waals surface area (Å²) in [5.41, 5.74) is 2.04. The molecule has 0 aliphatic carbocycles. The number of carbonyl (C=O) groups excluding carboxylic acids is 1. The molecule has 0 radical (unpaired) electrons. The molecule has 3 aromatic carbocycles. The number of carboxylic acids is 1. The zero-order valence-electron chi connectivity index (χ0n) is 23.6. The Hall–Kier alpha value is -4.59. The van der Waals surface area contributed by atoms with Crippen LogP contribution in [0.25, 0.3) is 5.69 Å². The topological polar surface area (TPSA) is 140 Å². The van der Waals surface area contributed by atoms with Crippen LogP contribution in [0.5, 0.6) is 11.6 Å². The van der Waals surface area contributed by atoms with Crippen LogP contribution in [0, 0.1) is 26.6 Å².